The van der Waals surface area contributed by atoms with Gasteiger partial charge in [0.2, 0.25) is 11.8 Å². The summed E-state index contributed by atoms with van der Waals surface area (Å²) in [7, 11) is 1.87. The van der Waals surface area contributed by atoms with E-state index < -0.39 is 0 Å². The summed E-state index contributed by atoms with van der Waals surface area (Å²) in [5.74, 6) is 0.342. The molecule has 1 unspecified atom stereocenters. The highest BCUT2D eigenvalue weighted by atomic mass is 16.2. The van der Waals surface area contributed by atoms with Gasteiger partial charge in [0.1, 0.15) is 0 Å². The maximum Gasteiger partial charge on any atom is 0.244 e. The predicted molar refractivity (Wildman–Crippen MR) is 112 cm³/mol. The number of amides is 2. The Labute approximate surface area is 173 Å². The van der Waals surface area contributed by atoms with Crippen LogP contribution in [0.25, 0.3) is 0 Å². The summed E-state index contributed by atoms with van der Waals surface area (Å²) in [6, 6.07) is 0.318. The lowest BCUT2D eigenvalue weighted by molar-refractivity contribution is -0.128. The number of aryl methyl sites for hydroxylation is 1. The third-order valence-electron chi connectivity index (χ3n) is 6.60. The highest BCUT2D eigenvalue weighted by molar-refractivity contribution is 5.97. The number of piperazine rings is 1. The predicted octanol–water partition coefficient (Wildman–Crippen LogP) is 0.982. The molecular weight excluding hydrogens is 368 g/mol. The molecule has 4 rings (SSSR count). The van der Waals surface area contributed by atoms with E-state index in [0.29, 0.717) is 12.6 Å². The van der Waals surface area contributed by atoms with Gasteiger partial charge in [-0.2, -0.15) is 5.10 Å². The number of piperidine rings is 1. The number of hydrogen-bond donors (Lipinski definition) is 1. The number of carbonyl (C=O) groups is 2. The fourth-order valence-electron chi connectivity index (χ4n) is 4.96. The van der Waals surface area contributed by atoms with E-state index in [1.807, 2.05) is 18.1 Å². The summed E-state index contributed by atoms with van der Waals surface area (Å²) >= 11 is 0. The minimum absolute atomic E-state index is 0.0535. The third-order valence-corrected chi connectivity index (χ3v) is 6.60. The largest absolute Gasteiger partial charge is 0.352 e. The Hall–Kier alpha value is -1.93. The highest BCUT2D eigenvalue weighted by Crippen LogP contribution is 2.24. The Kier molecular flexibility index (Phi) is 6.50. The van der Waals surface area contributed by atoms with Gasteiger partial charge in [0, 0.05) is 52.0 Å². The van der Waals surface area contributed by atoms with E-state index in [1.54, 1.807) is 10.9 Å². The van der Waals surface area contributed by atoms with Crippen molar-refractivity contribution < 1.29 is 9.59 Å². The SMILES string of the molecule is Cn1cc(N2CCCC(N3CCN(CC(=O)NC4CCCCC4)CC3)C2=O)cn1. The Morgan fingerprint density at radius 3 is 2.52 bits per heavy atom. The number of carbonyl (C=O) groups excluding carboxylic acids is 2. The zero-order chi connectivity index (χ0) is 20.2. The molecule has 0 spiro atoms. The molecule has 2 aliphatic heterocycles. The van der Waals surface area contributed by atoms with Gasteiger partial charge in [-0.1, -0.05) is 19.3 Å². The maximum absolute atomic E-state index is 13.1. The minimum atomic E-state index is -0.0535. The summed E-state index contributed by atoms with van der Waals surface area (Å²) in [5, 5.41) is 7.42. The van der Waals surface area contributed by atoms with E-state index in [2.05, 4.69) is 20.2 Å². The van der Waals surface area contributed by atoms with Crippen molar-refractivity contribution in [2.75, 3.05) is 44.2 Å². The van der Waals surface area contributed by atoms with Gasteiger partial charge in [0.15, 0.2) is 0 Å². The molecular formula is C21H34N6O2. The first-order valence-electron chi connectivity index (χ1n) is 11.2. The average molecular weight is 403 g/mol. The summed E-state index contributed by atoms with van der Waals surface area (Å²) in [5.41, 5.74) is 0.889. The van der Waals surface area contributed by atoms with Gasteiger partial charge in [0.05, 0.1) is 24.5 Å². The fraction of sp³-hybridized carbons (Fsp3) is 0.762. The normalized spacial score (nSPS) is 25.3. The molecule has 3 fully saturated rings. The van der Waals surface area contributed by atoms with Crippen molar-refractivity contribution in [2.45, 2.75) is 57.0 Å². The summed E-state index contributed by atoms with van der Waals surface area (Å²) < 4.78 is 1.74. The van der Waals surface area contributed by atoms with Gasteiger partial charge >= 0.3 is 0 Å². The maximum atomic E-state index is 13.1. The lowest BCUT2D eigenvalue weighted by atomic mass is 9.95. The van der Waals surface area contributed by atoms with E-state index in [9.17, 15) is 9.59 Å². The van der Waals surface area contributed by atoms with E-state index in [0.717, 1.165) is 64.1 Å². The van der Waals surface area contributed by atoms with Gasteiger partial charge in [-0.3, -0.25) is 24.1 Å². The molecule has 1 N–H and O–H groups in total. The zero-order valence-electron chi connectivity index (χ0n) is 17.6. The Morgan fingerprint density at radius 2 is 1.83 bits per heavy atom. The second-order valence-electron chi connectivity index (χ2n) is 8.73. The molecule has 0 bridgehead atoms. The molecule has 1 aromatic rings. The van der Waals surface area contributed by atoms with Crippen molar-refractivity contribution in [3.63, 3.8) is 0 Å². The summed E-state index contributed by atoms with van der Waals surface area (Å²) in [4.78, 5) is 31.9. The van der Waals surface area contributed by atoms with Gasteiger partial charge in [-0.05, 0) is 25.7 Å². The van der Waals surface area contributed by atoms with Crippen LogP contribution in [-0.2, 0) is 16.6 Å². The number of anilines is 1. The molecule has 8 heteroatoms. The van der Waals surface area contributed by atoms with Crippen LogP contribution in [0.15, 0.2) is 12.4 Å². The topological polar surface area (TPSA) is 73.7 Å². The van der Waals surface area contributed by atoms with Crippen LogP contribution in [0.4, 0.5) is 5.69 Å². The Morgan fingerprint density at radius 1 is 1.07 bits per heavy atom. The van der Waals surface area contributed by atoms with Crippen molar-refractivity contribution in [2.24, 2.45) is 7.05 Å². The van der Waals surface area contributed by atoms with Crippen LogP contribution >= 0.6 is 0 Å². The molecule has 29 heavy (non-hydrogen) atoms. The molecule has 160 valence electrons. The first-order chi connectivity index (χ1) is 14.1. The number of hydrogen-bond acceptors (Lipinski definition) is 5. The number of rotatable bonds is 5. The molecule has 2 amide bonds. The van der Waals surface area contributed by atoms with E-state index >= 15 is 0 Å². The van der Waals surface area contributed by atoms with Crippen LogP contribution < -0.4 is 10.2 Å². The van der Waals surface area contributed by atoms with Crippen molar-refractivity contribution in [1.29, 1.82) is 0 Å². The van der Waals surface area contributed by atoms with E-state index in [1.165, 1.54) is 19.3 Å². The van der Waals surface area contributed by atoms with Crippen LogP contribution in [0.3, 0.4) is 0 Å². The van der Waals surface area contributed by atoms with Gasteiger partial charge in [0.25, 0.3) is 0 Å². The second-order valence-corrected chi connectivity index (χ2v) is 8.73. The first-order valence-corrected chi connectivity index (χ1v) is 11.2. The number of nitrogens with one attached hydrogen (secondary N) is 1. The van der Waals surface area contributed by atoms with E-state index in [-0.39, 0.29) is 17.9 Å². The number of nitrogens with zero attached hydrogens (tertiary/aromatic N) is 5. The lowest BCUT2D eigenvalue weighted by Gasteiger charge is -2.42. The molecule has 1 atom stereocenters. The van der Waals surface area contributed by atoms with Gasteiger partial charge in [-0.25, -0.2) is 0 Å². The Balaban J connectivity index is 1.25. The summed E-state index contributed by atoms with van der Waals surface area (Å²) in [6.07, 6.45) is 11.6. The molecule has 1 aromatic heterocycles. The first kappa shape index (κ1) is 20.3. The standard InChI is InChI=1S/C21H34N6O2/c1-24-15-18(14-22-24)27-9-5-8-19(21(27)29)26-12-10-25(11-13-26)16-20(28)23-17-6-3-2-4-7-17/h14-15,17,19H,2-13,16H2,1H3,(H,23,28). The monoisotopic (exact) mass is 402 g/mol. The van der Waals surface area contributed by atoms with Crippen LogP contribution in [0.2, 0.25) is 0 Å². The van der Waals surface area contributed by atoms with Crippen molar-refractivity contribution in [1.82, 2.24) is 24.9 Å². The quantitative estimate of drug-likeness (QED) is 0.795. The molecule has 1 saturated carbocycles. The molecule has 3 heterocycles. The van der Waals surface area contributed by atoms with Crippen LogP contribution in [0.1, 0.15) is 44.9 Å². The van der Waals surface area contributed by atoms with Gasteiger partial charge in [-0.15, -0.1) is 0 Å². The highest BCUT2D eigenvalue weighted by Gasteiger charge is 2.36. The molecule has 2 saturated heterocycles. The van der Waals surface area contributed by atoms with Crippen LogP contribution in [0.5, 0.6) is 0 Å². The minimum Gasteiger partial charge on any atom is -0.352 e. The zero-order valence-corrected chi connectivity index (χ0v) is 17.6. The Bertz CT molecular complexity index is 706. The van der Waals surface area contributed by atoms with Crippen LogP contribution in [0, 0.1) is 0 Å². The fourth-order valence-corrected chi connectivity index (χ4v) is 4.96. The molecule has 0 aromatic carbocycles. The smallest absolute Gasteiger partial charge is 0.244 e. The van der Waals surface area contributed by atoms with E-state index in [4.69, 9.17) is 0 Å². The number of aromatic nitrogens is 2. The lowest BCUT2D eigenvalue weighted by Crippen LogP contribution is -2.58. The third kappa shape index (κ3) is 4.98. The van der Waals surface area contributed by atoms with Crippen molar-refractivity contribution in [3.05, 3.63) is 12.4 Å². The van der Waals surface area contributed by atoms with Crippen molar-refractivity contribution in [3.8, 4) is 0 Å². The van der Waals surface area contributed by atoms with Crippen LogP contribution in [-0.4, -0.2) is 82.7 Å². The second kappa shape index (κ2) is 9.26. The van der Waals surface area contributed by atoms with Gasteiger partial charge < -0.3 is 10.2 Å². The molecule has 1 aliphatic carbocycles. The molecule has 3 aliphatic rings. The summed E-state index contributed by atoms with van der Waals surface area (Å²) in [6.45, 7) is 4.61. The van der Waals surface area contributed by atoms with Crippen molar-refractivity contribution >= 4 is 17.5 Å². The average Bonchev–Trinajstić information content (AvgIpc) is 3.16. The molecule has 8 nitrogen and oxygen atoms in total. The molecule has 0 radical (unpaired) electrons.